The number of ether oxygens (including phenoxy) is 1. The number of hydrogen-bond donors (Lipinski definition) is 1. The van der Waals surface area contributed by atoms with E-state index >= 15 is 0 Å². The van der Waals surface area contributed by atoms with Crippen molar-refractivity contribution < 1.29 is 23.5 Å². The Labute approximate surface area is 126 Å². The second kappa shape index (κ2) is 6.42. The second-order valence-electron chi connectivity index (χ2n) is 4.86. The predicted molar refractivity (Wildman–Crippen MR) is 74.5 cm³/mol. The number of carbonyl (C=O) groups excluding carboxylic acids is 3. The summed E-state index contributed by atoms with van der Waals surface area (Å²) in [5.41, 5.74) is 0.544. The summed E-state index contributed by atoms with van der Waals surface area (Å²) < 4.78 is 18.3. The van der Waals surface area contributed by atoms with Crippen molar-refractivity contribution in [3.8, 4) is 5.75 Å². The summed E-state index contributed by atoms with van der Waals surface area (Å²) in [7, 11) is 2.85. The first kappa shape index (κ1) is 15.7. The Morgan fingerprint density at radius 1 is 1.41 bits per heavy atom. The minimum absolute atomic E-state index is 0.0319. The smallest absolute Gasteiger partial charge is 0.327 e. The number of likely N-dealkylation sites (N-methyl/N-ethyl adjacent to an activating group) is 1. The molecule has 0 radical (unpaired) electrons. The van der Waals surface area contributed by atoms with Gasteiger partial charge < -0.3 is 15.0 Å². The third-order valence-corrected chi connectivity index (χ3v) is 3.24. The van der Waals surface area contributed by atoms with Gasteiger partial charge in [0.15, 0.2) is 11.6 Å². The summed E-state index contributed by atoms with van der Waals surface area (Å²) in [5, 5.41) is 2.54. The largest absolute Gasteiger partial charge is 0.494 e. The van der Waals surface area contributed by atoms with Gasteiger partial charge in [0.1, 0.15) is 13.1 Å². The van der Waals surface area contributed by atoms with Crippen LogP contribution < -0.4 is 10.1 Å². The van der Waals surface area contributed by atoms with Crippen LogP contribution in [0.1, 0.15) is 5.56 Å². The van der Waals surface area contributed by atoms with Crippen LogP contribution >= 0.6 is 0 Å². The molecule has 4 amide bonds. The standard InChI is InChI=1S/C14H16FN3O4/c1-17-8-13(20)18(14(17)21)7-12(19)16-6-9-3-4-11(22-2)10(15)5-9/h3-5H,6-8H2,1-2H3,(H,16,19). The van der Waals surface area contributed by atoms with Crippen LogP contribution in [0, 0.1) is 5.82 Å². The second-order valence-corrected chi connectivity index (χ2v) is 4.86. The molecule has 0 spiro atoms. The molecule has 1 aromatic rings. The van der Waals surface area contributed by atoms with E-state index in [2.05, 4.69) is 5.32 Å². The minimum atomic E-state index is -0.527. The number of amides is 4. The number of benzene rings is 1. The SMILES string of the molecule is COc1ccc(CNC(=O)CN2C(=O)CN(C)C2=O)cc1F. The zero-order valence-electron chi connectivity index (χ0n) is 12.3. The number of methoxy groups -OCH3 is 1. The average Bonchev–Trinajstić information content (AvgIpc) is 2.72. The van der Waals surface area contributed by atoms with Crippen molar-refractivity contribution in [3.63, 3.8) is 0 Å². The zero-order chi connectivity index (χ0) is 16.3. The van der Waals surface area contributed by atoms with Gasteiger partial charge in [0.05, 0.1) is 7.11 Å². The fourth-order valence-electron chi connectivity index (χ4n) is 2.04. The van der Waals surface area contributed by atoms with Crippen LogP contribution in [0.25, 0.3) is 0 Å². The van der Waals surface area contributed by atoms with Gasteiger partial charge in [-0.15, -0.1) is 0 Å². The van der Waals surface area contributed by atoms with Gasteiger partial charge in [0.2, 0.25) is 5.91 Å². The highest BCUT2D eigenvalue weighted by molar-refractivity contribution is 6.04. The van der Waals surface area contributed by atoms with E-state index < -0.39 is 23.7 Å². The fourth-order valence-corrected chi connectivity index (χ4v) is 2.04. The highest BCUT2D eigenvalue weighted by Crippen LogP contribution is 2.17. The van der Waals surface area contributed by atoms with Crippen LogP contribution in [-0.2, 0) is 16.1 Å². The highest BCUT2D eigenvalue weighted by atomic mass is 19.1. The quantitative estimate of drug-likeness (QED) is 0.796. The van der Waals surface area contributed by atoms with E-state index in [0.29, 0.717) is 5.56 Å². The Balaban J connectivity index is 1.89. The van der Waals surface area contributed by atoms with Gasteiger partial charge in [-0.25, -0.2) is 9.18 Å². The van der Waals surface area contributed by atoms with E-state index in [1.54, 1.807) is 6.07 Å². The van der Waals surface area contributed by atoms with Crippen molar-refractivity contribution in [2.24, 2.45) is 0 Å². The average molecular weight is 309 g/mol. The molecular formula is C14H16FN3O4. The monoisotopic (exact) mass is 309 g/mol. The Kier molecular flexibility index (Phi) is 4.59. The van der Waals surface area contributed by atoms with Gasteiger partial charge >= 0.3 is 6.03 Å². The van der Waals surface area contributed by atoms with Crippen molar-refractivity contribution in [1.82, 2.24) is 15.1 Å². The van der Waals surface area contributed by atoms with Gasteiger partial charge in [-0.2, -0.15) is 0 Å². The normalized spacial score (nSPS) is 14.5. The third-order valence-electron chi connectivity index (χ3n) is 3.24. The molecule has 1 N–H and O–H groups in total. The lowest BCUT2D eigenvalue weighted by molar-refractivity contribution is -0.130. The Hall–Kier alpha value is -2.64. The zero-order valence-corrected chi connectivity index (χ0v) is 12.3. The molecule has 0 aliphatic carbocycles. The molecule has 0 unspecified atom stereocenters. The van der Waals surface area contributed by atoms with Gasteiger partial charge in [-0.3, -0.25) is 14.5 Å². The molecule has 2 rings (SSSR count). The first-order chi connectivity index (χ1) is 10.4. The summed E-state index contributed by atoms with van der Waals surface area (Å²) in [6.07, 6.45) is 0. The Morgan fingerprint density at radius 3 is 2.68 bits per heavy atom. The molecule has 0 bridgehead atoms. The number of imide groups is 1. The summed E-state index contributed by atoms with van der Waals surface area (Å²) in [6.45, 7) is -0.289. The molecule has 1 aliphatic heterocycles. The van der Waals surface area contributed by atoms with Crippen LogP contribution in [0.2, 0.25) is 0 Å². The maximum atomic E-state index is 13.5. The number of hydrogen-bond acceptors (Lipinski definition) is 4. The van der Waals surface area contributed by atoms with E-state index in [1.165, 1.54) is 31.2 Å². The van der Waals surface area contributed by atoms with E-state index in [1.807, 2.05) is 0 Å². The van der Waals surface area contributed by atoms with Crippen molar-refractivity contribution in [2.75, 3.05) is 27.2 Å². The van der Waals surface area contributed by atoms with E-state index in [9.17, 15) is 18.8 Å². The van der Waals surface area contributed by atoms with Gasteiger partial charge in [0, 0.05) is 13.6 Å². The molecule has 22 heavy (non-hydrogen) atoms. The molecular weight excluding hydrogens is 293 g/mol. The van der Waals surface area contributed by atoms with E-state index in [4.69, 9.17) is 4.74 Å². The first-order valence-corrected chi connectivity index (χ1v) is 6.57. The summed E-state index contributed by atoms with van der Waals surface area (Å²) in [5.74, 6) is -1.32. The van der Waals surface area contributed by atoms with Crippen molar-refractivity contribution >= 4 is 17.8 Å². The molecule has 7 nitrogen and oxygen atoms in total. The molecule has 8 heteroatoms. The predicted octanol–water partition coefficient (Wildman–Crippen LogP) is 0.344. The number of halogens is 1. The van der Waals surface area contributed by atoms with Crippen molar-refractivity contribution in [2.45, 2.75) is 6.54 Å². The molecule has 118 valence electrons. The summed E-state index contributed by atoms with van der Waals surface area (Å²) >= 11 is 0. The molecule has 0 aromatic heterocycles. The fraction of sp³-hybridized carbons (Fsp3) is 0.357. The van der Waals surface area contributed by atoms with Gasteiger partial charge in [0.25, 0.3) is 5.91 Å². The van der Waals surface area contributed by atoms with E-state index in [-0.39, 0.29) is 25.4 Å². The minimum Gasteiger partial charge on any atom is -0.494 e. The lowest BCUT2D eigenvalue weighted by atomic mass is 10.2. The van der Waals surface area contributed by atoms with Crippen LogP contribution in [0.5, 0.6) is 5.75 Å². The third kappa shape index (κ3) is 3.33. The Bertz CT molecular complexity index is 620. The molecule has 0 saturated carbocycles. The summed E-state index contributed by atoms with van der Waals surface area (Å²) in [6, 6.07) is 3.82. The maximum Gasteiger partial charge on any atom is 0.327 e. The van der Waals surface area contributed by atoms with Crippen LogP contribution in [-0.4, -0.2) is 54.9 Å². The number of nitrogens with zero attached hydrogens (tertiary/aromatic N) is 2. The molecule has 0 atom stereocenters. The van der Waals surface area contributed by atoms with Crippen molar-refractivity contribution in [1.29, 1.82) is 0 Å². The number of carbonyl (C=O) groups is 3. The van der Waals surface area contributed by atoms with Crippen LogP contribution in [0.4, 0.5) is 9.18 Å². The van der Waals surface area contributed by atoms with E-state index in [0.717, 1.165) is 4.90 Å². The van der Waals surface area contributed by atoms with Crippen molar-refractivity contribution in [3.05, 3.63) is 29.6 Å². The number of nitrogens with one attached hydrogen (secondary N) is 1. The lowest BCUT2D eigenvalue weighted by Gasteiger charge is -2.14. The van der Waals surface area contributed by atoms with Crippen LogP contribution in [0.3, 0.4) is 0 Å². The topological polar surface area (TPSA) is 79.0 Å². The van der Waals surface area contributed by atoms with Gasteiger partial charge in [-0.1, -0.05) is 6.07 Å². The molecule has 1 fully saturated rings. The maximum absolute atomic E-state index is 13.5. The van der Waals surface area contributed by atoms with Crippen LogP contribution in [0.15, 0.2) is 18.2 Å². The number of rotatable bonds is 5. The molecule has 1 heterocycles. The molecule has 1 saturated heterocycles. The molecule has 1 aliphatic rings. The first-order valence-electron chi connectivity index (χ1n) is 6.57. The lowest BCUT2D eigenvalue weighted by Crippen LogP contribution is -2.40. The molecule has 1 aromatic carbocycles. The number of urea groups is 1. The highest BCUT2D eigenvalue weighted by Gasteiger charge is 2.34. The van der Waals surface area contributed by atoms with Gasteiger partial charge in [-0.05, 0) is 17.7 Å². The Morgan fingerprint density at radius 2 is 2.14 bits per heavy atom. The summed E-state index contributed by atoms with van der Waals surface area (Å²) in [4.78, 5) is 37.1.